The molecule has 0 saturated carbocycles. The highest BCUT2D eigenvalue weighted by Gasteiger charge is 2.17. The van der Waals surface area contributed by atoms with Gasteiger partial charge in [-0.05, 0) is 34.7 Å². The van der Waals surface area contributed by atoms with Crippen LogP contribution < -0.4 is 5.73 Å². The minimum atomic E-state index is -1.04. The summed E-state index contributed by atoms with van der Waals surface area (Å²) in [6, 6.07) is 8.63. The Hall–Kier alpha value is -2.90. The van der Waals surface area contributed by atoms with Gasteiger partial charge in [-0.15, -0.1) is 5.10 Å². The quantitative estimate of drug-likeness (QED) is 0.767. The van der Waals surface area contributed by atoms with Crippen molar-refractivity contribution in [3.8, 4) is 17.2 Å². The van der Waals surface area contributed by atoms with Gasteiger partial charge in [0.2, 0.25) is 5.82 Å². The van der Waals surface area contributed by atoms with Crippen molar-refractivity contribution in [2.24, 2.45) is 0 Å². The third kappa shape index (κ3) is 1.96. The van der Waals surface area contributed by atoms with E-state index in [0.29, 0.717) is 5.69 Å². The molecule has 0 fully saturated rings. The van der Waals surface area contributed by atoms with Gasteiger partial charge in [0, 0.05) is 0 Å². The van der Waals surface area contributed by atoms with Crippen molar-refractivity contribution in [3.05, 3.63) is 48.0 Å². The van der Waals surface area contributed by atoms with Gasteiger partial charge in [0.05, 0.1) is 0 Å². The Kier molecular flexibility index (Phi) is 2.82. The Labute approximate surface area is 111 Å². The molecule has 0 unspecified atom stereocenters. The third-order valence-electron chi connectivity index (χ3n) is 2.63. The lowest BCUT2D eigenvalue weighted by atomic mass is 10.2. The summed E-state index contributed by atoms with van der Waals surface area (Å²) in [6.45, 7) is 0. The third-order valence-corrected chi connectivity index (χ3v) is 2.63. The molecule has 2 heterocycles. The van der Waals surface area contributed by atoms with Crippen LogP contribution in [0.15, 0.2) is 36.4 Å². The number of pyridine rings is 1. The standard InChI is InChI=1S/C12H8F2N6/c13-7-3-1-5-9(11(7)14)20-12(17-18-19-20)8-4-2-6-10(15)16-8/h1-6H,(H2,15,16). The highest BCUT2D eigenvalue weighted by molar-refractivity contribution is 5.54. The van der Waals surface area contributed by atoms with Gasteiger partial charge >= 0.3 is 0 Å². The number of nitrogen functional groups attached to an aromatic ring is 1. The minimum absolute atomic E-state index is 0.103. The number of aromatic nitrogens is 5. The van der Waals surface area contributed by atoms with Gasteiger partial charge in [0.25, 0.3) is 0 Å². The molecule has 3 aromatic rings. The molecule has 2 N–H and O–H groups in total. The number of nitrogens with zero attached hydrogens (tertiary/aromatic N) is 5. The number of hydrogen-bond donors (Lipinski definition) is 1. The van der Waals surface area contributed by atoms with Gasteiger partial charge < -0.3 is 5.73 Å². The molecule has 1 aromatic carbocycles. The molecule has 6 nitrogen and oxygen atoms in total. The second kappa shape index (κ2) is 4.65. The second-order valence-corrected chi connectivity index (χ2v) is 3.93. The number of nitrogens with two attached hydrogens (primary N) is 1. The fraction of sp³-hybridized carbons (Fsp3) is 0. The van der Waals surface area contributed by atoms with Crippen LogP contribution in [0.4, 0.5) is 14.6 Å². The average molecular weight is 274 g/mol. The lowest BCUT2D eigenvalue weighted by molar-refractivity contribution is 0.501. The highest BCUT2D eigenvalue weighted by Crippen LogP contribution is 2.21. The minimum Gasteiger partial charge on any atom is -0.384 e. The van der Waals surface area contributed by atoms with E-state index in [0.717, 1.165) is 10.7 Å². The van der Waals surface area contributed by atoms with E-state index in [-0.39, 0.29) is 17.3 Å². The van der Waals surface area contributed by atoms with Crippen molar-refractivity contribution in [3.63, 3.8) is 0 Å². The van der Waals surface area contributed by atoms with Crippen molar-refractivity contribution < 1.29 is 8.78 Å². The zero-order valence-corrected chi connectivity index (χ0v) is 10.0. The van der Waals surface area contributed by atoms with Crippen LogP contribution in [0.2, 0.25) is 0 Å². The van der Waals surface area contributed by atoms with Crippen LogP contribution in [0.1, 0.15) is 0 Å². The maximum Gasteiger partial charge on any atom is 0.205 e. The largest absolute Gasteiger partial charge is 0.384 e. The zero-order valence-electron chi connectivity index (χ0n) is 10.0. The van der Waals surface area contributed by atoms with Crippen molar-refractivity contribution >= 4 is 5.82 Å². The summed E-state index contributed by atoms with van der Waals surface area (Å²) in [5.41, 5.74) is 5.84. The summed E-state index contributed by atoms with van der Waals surface area (Å²) >= 11 is 0. The number of benzene rings is 1. The van der Waals surface area contributed by atoms with Crippen LogP contribution in [0.5, 0.6) is 0 Å². The van der Waals surface area contributed by atoms with Crippen molar-refractivity contribution in [2.45, 2.75) is 0 Å². The van der Waals surface area contributed by atoms with Crippen molar-refractivity contribution in [2.75, 3.05) is 5.73 Å². The predicted octanol–water partition coefficient (Wildman–Crippen LogP) is 1.58. The van der Waals surface area contributed by atoms with Gasteiger partial charge in [0.15, 0.2) is 11.6 Å². The summed E-state index contributed by atoms with van der Waals surface area (Å²) < 4.78 is 28.1. The average Bonchev–Trinajstić information content (AvgIpc) is 2.91. The molecule has 0 aliphatic heterocycles. The lowest BCUT2D eigenvalue weighted by Crippen LogP contribution is -2.05. The molecule has 3 rings (SSSR count). The molecule has 0 aliphatic rings. The van der Waals surface area contributed by atoms with Crippen LogP contribution in [0, 0.1) is 11.6 Å². The number of anilines is 1. The van der Waals surface area contributed by atoms with Crippen molar-refractivity contribution in [1.82, 2.24) is 25.2 Å². The van der Waals surface area contributed by atoms with E-state index in [9.17, 15) is 8.78 Å². The zero-order chi connectivity index (χ0) is 14.1. The number of halogens is 2. The summed E-state index contributed by atoms with van der Waals surface area (Å²) in [7, 11) is 0. The molecule has 2 aromatic heterocycles. The number of hydrogen-bond acceptors (Lipinski definition) is 5. The normalized spacial score (nSPS) is 10.7. The molecule has 0 atom stereocenters. The lowest BCUT2D eigenvalue weighted by Gasteiger charge is -2.06. The summed E-state index contributed by atoms with van der Waals surface area (Å²) in [6.07, 6.45) is 0. The first-order valence-electron chi connectivity index (χ1n) is 5.62. The van der Waals surface area contributed by atoms with Crippen molar-refractivity contribution in [1.29, 1.82) is 0 Å². The molecule has 8 heteroatoms. The van der Waals surface area contributed by atoms with Crippen LogP contribution in [0.25, 0.3) is 17.2 Å². The van der Waals surface area contributed by atoms with E-state index in [1.807, 2.05) is 0 Å². The van der Waals surface area contributed by atoms with Gasteiger partial charge in [-0.3, -0.25) is 0 Å². The van der Waals surface area contributed by atoms with Crippen LogP contribution >= 0.6 is 0 Å². The van der Waals surface area contributed by atoms with Gasteiger partial charge in [-0.2, -0.15) is 4.68 Å². The first-order valence-corrected chi connectivity index (χ1v) is 5.62. The monoisotopic (exact) mass is 274 g/mol. The molecular weight excluding hydrogens is 266 g/mol. The molecule has 100 valence electrons. The molecule has 0 aliphatic carbocycles. The Morgan fingerprint density at radius 2 is 1.85 bits per heavy atom. The Morgan fingerprint density at radius 1 is 1.05 bits per heavy atom. The first-order chi connectivity index (χ1) is 9.66. The van der Waals surface area contributed by atoms with E-state index in [2.05, 4.69) is 20.5 Å². The molecule has 0 spiro atoms. The number of tetrazole rings is 1. The summed E-state index contributed by atoms with van der Waals surface area (Å²) in [4.78, 5) is 4.05. The van der Waals surface area contributed by atoms with Crippen LogP contribution in [-0.2, 0) is 0 Å². The number of rotatable bonds is 2. The smallest absolute Gasteiger partial charge is 0.205 e. The van der Waals surface area contributed by atoms with E-state index < -0.39 is 11.6 Å². The molecule has 0 amide bonds. The molecule has 0 bridgehead atoms. The van der Waals surface area contributed by atoms with E-state index >= 15 is 0 Å². The Bertz CT molecular complexity index is 770. The molecule has 20 heavy (non-hydrogen) atoms. The maximum atomic E-state index is 13.8. The van der Waals surface area contributed by atoms with Gasteiger partial charge in [-0.1, -0.05) is 12.1 Å². The van der Waals surface area contributed by atoms with Gasteiger partial charge in [0.1, 0.15) is 17.2 Å². The van der Waals surface area contributed by atoms with E-state index in [1.165, 1.54) is 12.1 Å². The summed E-state index contributed by atoms with van der Waals surface area (Å²) in [5, 5.41) is 10.9. The predicted molar refractivity (Wildman–Crippen MR) is 66.7 cm³/mol. The molecule has 0 radical (unpaired) electrons. The summed E-state index contributed by atoms with van der Waals surface area (Å²) in [5.74, 6) is -1.58. The first kappa shape index (κ1) is 12.2. The topological polar surface area (TPSA) is 82.5 Å². The van der Waals surface area contributed by atoms with Crippen LogP contribution in [0.3, 0.4) is 0 Å². The molecular formula is C12H8F2N6. The van der Waals surface area contributed by atoms with E-state index in [1.54, 1.807) is 18.2 Å². The van der Waals surface area contributed by atoms with E-state index in [4.69, 9.17) is 5.73 Å². The maximum absolute atomic E-state index is 13.8. The Balaban J connectivity index is 2.18. The van der Waals surface area contributed by atoms with Gasteiger partial charge in [-0.25, -0.2) is 13.8 Å². The second-order valence-electron chi connectivity index (χ2n) is 3.93. The SMILES string of the molecule is Nc1cccc(-c2nnnn2-c2cccc(F)c2F)n1. The van der Waals surface area contributed by atoms with Crippen LogP contribution in [-0.4, -0.2) is 25.2 Å². The Morgan fingerprint density at radius 3 is 2.65 bits per heavy atom. The fourth-order valence-corrected chi connectivity index (χ4v) is 1.74. The fourth-order valence-electron chi connectivity index (χ4n) is 1.74. The molecule has 0 saturated heterocycles. The highest BCUT2D eigenvalue weighted by atomic mass is 19.2.